The number of nitrogen functional groups attached to an aromatic ring is 1. The summed E-state index contributed by atoms with van der Waals surface area (Å²) in [5.41, 5.74) is 10.7. The van der Waals surface area contributed by atoms with E-state index in [2.05, 4.69) is 10.3 Å². The Morgan fingerprint density at radius 1 is 1.11 bits per heavy atom. The summed E-state index contributed by atoms with van der Waals surface area (Å²) in [6.07, 6.45) is 3.81. The number of amides is 1. The molecule has 0 spiro atoms. The standard InChI is InChI=1S/C22H20N4O2/c1-15-4-10-18(11-5-15)24-21(27)14-28-20-3-2-12-26-13-19(25-22(20)26)16-6-8-17(23)9-7-16/h2-13H,14,23H2,1H3,(H,24,27). The Morgan fingerprint density at radius 2 is 1.86 bits per heavy atom. The van der Waals surface area contributed by atoms with Gasteiger partial charge < -0.3 is 20.2 Å². The first-order valence-electron chi connectivity index (χ1n) is 8.91. The molecule has 1 amide bonds. The van der Waals surface area contributed by atoms with Gasteiger partial charge in [0.05, 0.1) is 5.69 Å². The highest BCUT2D eigenvalue weighted by atomic mass is 16.5. The van der Waals surface area contributed by atoms with Crippen molar-refractivity contribution in [3.05, 3.63) is 78.6 Å². The average molecular weight is 372 g/mol. The summed E-state index contributed by atoms with van der Waals surface area (Å²) >= 11 is 0. The third kappa shape index (κ3) is 3.81. The molecule has 3 N–H and O–H groups in total. The number of aromatic nitrogens is 2. The molecule has 0 atom stereocenters. The molecule has 0 fully saturated rings. The van der Waals surface area contributed by atoms with Gasteiger partial charge in [-0.2, -0.15) is 0 Å². The second-order valence-electron chi connectivity index (χ2n) is 6.55. The number of nitrogens with two attached hydrogens (primary N) is 1. The number of carbonyl (C=O) groups is 1. The number of nitrogens with zero attached hydrogens (tertiary/aromatic N) is 2. The second kappa shape index (κ2) is 7.44. The summed E-state index contributed by atoms with van der Waals surface area (Å²) in [6, 6.07) is 18.8. The summed E-state index contributed by atoms with van der Waals surface area (Å²) < 4.78 is 7.60. The van der Waals surface area contributed by atoms with Crippen LogP contribution < -0.4 is 15.8 Å². The molecule has 0 aliphatic carbocycles. The predicted octanol–water partition coefficient (Wildman–Crippen LogP) is 3.91. The fourth-order valence-electron chi connectivity index (χ4n) is 2.87. The van der Waals surface area contributed by atoms with Crippen LogP contribution in [0.4, 0.5) is 11.4 Å². The van der Waals surface area contributed by atoms with Crippen molar-refractivity contribution in [2.24, 2.45) is 0 Å². The van der Waals surface area contributed by atoms with E-state index in [4.69, 9.17) is 10.5 Å². The van der Waals surface area contributed by atoms with E-state index >= 15 is 0 Å². The molecule has 0 saturated heterocycles. The molecule has 4 rings (SSSR count). The number of pyridine rings is 1. The molecular formula is C22H20N4O2. The molecule has 6 heteroatoms. The first-order valence-corrected chi connectivity index (χ1v) is 8.91. The monoisotopic (exact) mass is 372 g/mol. The molecule has 2 aromatic carbocycles. The fourth-order valence-corrected chi connectivity index (χ4v) is 2.87. The van der Waals surface area contributed by atoms with Gasteiger partial charge in [0.2, 0.25) is 0 Å². The number of carbonyl (C=O) groups excluding carboxylic acids is 1. The van der Waals surface area contributed by atoms with E-state index in [1.165, 1.54) is 0 Å². The van der Waals surface area contributed by atoms with E-state index in [1.807, 2.05) is 78.3 Å². The zero-order chi connectivity index (χ0) is 19.5. The van der Waals surface area contributed by atoms with Gasteiger partial charge in [-0.1, -0.05) is 29.8 Å². The van der Waals surface area contributed by atoms with Crippen molar-refractivity contribution in [3.63, 3.8) is 0 Å². The van der Waals surface area contributed by atoms with Crippen LogP contribution in [-0.2, 0) is 4.79 Å². The van der Waals surface area contributed by atoms with Crippen molar-refractivity contribution in [2.45, 2.75) is 6.92 Å². The molecule has 6 nitrogen and oxygen atoms in total. The normalized spacial score (nSPS) is 10.8. The highest BCUT2D eigenvalue weighted by Gasteiger charge is 2.11. The summed E-state index contributed by atoms with van der Waals surface area (Å²) in [7, 11) is 0. The zero-order valence-electron chi connectivity index (χ0n) is 15.4. The van der Waals surface area contributed by atoms with Crippen LogP contribution in [0.2, 0.25) is 0 Å². The number of benzene rings is 2. The molecule has 0 unspecified atom stereocenters. The summed E-state index contributed by atoms with van der Waals surface area (Å²) in [5.74, 6) is 0.319. The van der Waals surface area contributed by atoms with Crippen molar-refractivity contribution in [1.29, 1.82) is 0 Å². The lowest BCUT2D eigenvalue weighted by atomic mass is 10.1. The molecule has 28 heavy (non-hydrogen) atoms. The van der Waals surface area contributed by atoms with Crippen LogP contribution in [0.3, 0.4) is 0 Å². The minimum Gasteiger partial charge on any atom is -0.480 e. The molecule has 0 aliphatic heterocycles. The number of ether oxygens (including phenoxy) is 1. The predicted molar refractivity (Wildman–Crippen MR) is 110 cm³/mol. The molecular weight excluding hydrogens is 352 g/mol. The van der Waals surface area contributed by atoms with E-state index in [0.29, 0.717) is 17.1 Å². The van der Waals surface area contributed by atoms with Crippen LogP contribution in [0.1, 0.15) is 5.56 Å². The van der Waals surface area contributed by atoms with Gasteiger partial charge in [-0.05, 0) is 43.3 Å². The number of fused-ring (bicyclic) bond motifs is 1. The van der Waals surface area contributed by atoms with Gasteiger partial charge in [0.1, 0.15) is 0 Å². The quantitative estimate of drug-likeness (QED) is 0.521. The fraction of sp³-hybridized carbons (Fsp3) is 0.0909. The minimum atomic E-state index is -0.226. The Hall–Kier alpha value is -3.80. The van der Waals surface area contributed by atoms with E-state index in [0.717, 1.165) is 22.5 Å². The van der Waals surface area contributed by atoms with E-state index in [9.17, 15) is 4.79 Å². The third-order valence-electron chi connectivity index (χ3n) is 4.35. The highest BCUT2D eigenvalue weighted by molar-refractivity contribution is 5.92. The summed E-state index contributed by atoms with van der Waals surface area (Å²) in [5, 5.41) is 2.82. The lowest BCUT2D eigenvalue weighted by molar-refractivity contribution is -0.118. The van der Waals surface area contributed by atoms with E-state index in [-0.39, 0.29) is 12.5 Å². The van der Waals surface area contributed by atoms with Crippen LogP contribution in [0, 0.1) is 6.92 Å². The van der Waals surface area contributed by atoms with Gasteiger partial charge >= 0.3 is 0 Å². The Balaban J connectivity index is 1.50. The largest absolute Gasteiger partial charge is 0.480 e. The first kappa shape index (κ1) is 17.6. The number of hydrogen-bond donors (Lipinski definition) is 2. The number of rotatable bonds is 5. The number of imidazole rings is 1. The average Bonchev–Trinajstić information content (AvgIpc) is 3.13. The lowest BCUT2D eigenvalue weighted by Gasteiger charge is -2.08. The van der Waals surface area contributed by atoms with Crippen LogP contribution in [0.5, 0.6) is 5.75 Å². The molecule has 0 aliphatic rings. The third-order valence-corrected chi connectivity index (χ3v) is 4.35. The van der Waals surface area contributed by atoms with Gasteiger partial charge in [-0.25, -0.2) is 4.98 Å². The van der Waals surface area contributed by atoms with E-state index in [1.54, 1.807) is 6.07 Å². The molecule has 4 aromatic rings. The van der Waals surface area contributed by atoms with E-state index < -0.39 is 0 Å². The molecule has 2 aromatic heterocycles. The Labute approximate surface area is 162 Å². The second-order valence-corrected chi connectivity index (χ2v) is 6.55. The van der Waals surface area contributed by atoms with Crippen molar-refractivity contribution < 1.29 is 9.53 Å². The number of hydrogen-bond acceptors (Lipinski definition) is 4. The molecule has 0 bridgehead atoms. The maximum absolute atomic E-state index is 12.2. The number of anilines is 2. The van der Waals surface area contributed by atoms with Crippen molar-refractivity contribution in [2.75, 3.05) is 17.7 Å². The Morgan fingerprint density at radius 3 is 2.61 bits per heavy atom. The highest BCUT2D eigenvalue weighted by Crippen LogP contribution is 2.25. The van der Waals surface area contributed by atoms with Gasteiger partial charge in [-0.3, -0.25) is 4.79 Å². The van der Waals surface area contributed by atoms with Crippen LogP contribution in [0.15, 0.2) is 73.1 Å². The van der Waals surface area contributed by atoms with Crippen LogP contribution in [0.25, 0.3) is 16.9 Å². The smallest absolute Gasteiger partial charge is 0.262 e. The van der Waals surface area contributed by atoms with Crippen LogP contribution in [-0.4, -0.2) is 21.9 Å². The first-order chi connectivity index (χ1) is 13.6. The van der Waals surface area contributed by atoms with Crippen molar-refractivity contribution in [3.8, 4) is 17.0 Å². The molecule has 0 radical (unpaired) electrons. The Kier molecular flexibility index (Phi) is 4.68. The topological polar surface area (TPSA) is 81.6 Å². The SMILES string of the molecule is Cc1ccc(NC(=O)COc2cccn3cc(-c4ccc(N)cc4)nc23)cc1. The number of aryl methyl sites for hydroxylation is 1. The van der Waals surface area contributed by atoms with Crippen molar-refractivity contribution >= 4 is 22.9 Å². The number of nitrogens with one attached hydrogen (secondary N) is 1. The molecule has 2 heterocycles. The zero-order valence-corrected chi connectivity index (χ0v) is 15.4. The summed E-state index contributed by atoms with van der Waals surface area (Å²) in [6.45, 7) is 1.90. The maximum Gasteiger partial charge on any atom is 0.262 e. The van der Waals surface area contributed by atoms with Gasteiger partial charge in [0.25, 0.3) is 5.91 Å². The maximum atomic E-state index is 12.2. The molecule has 0 saturated carbocycles. The minimum absolute atomic E-state index is 0.0996. The summed E-state index contributed by atoms with van der Waals surface area (Å²) in [4.78, 5) is 16.8. The van der Waals surface area contributed by atoms with Crippen LogP contribution >= 0.6 is 0 Å². The van der Waals surface area contributed by atoms with Gasteiger partial charge in [-0.15, -0.1) is 0 Å². The lowest BCUT2D eigenvalue weighted by Crippen LogP contribution is -2.20. The van der Waals surface area contributed by atoms with Crippen molar-refractivity contribution in [1.82, 2.24) is 9.38 Å². The molecule has 140 valence electrons. The van der Waals surface area contributed by atoms with Gasteiger partial charge in [0, 0.05) is 29.3 Å². The van der Waals surface area contributed by atoms with Gasteiger partial charge in [0.15, 0.2) is 18.0 Å². The Bertz CT molecular complexity index is 1120.